The number of carboxylic acid groups (broad SMARTS) is 1. The number of rotatable bonds is 3. The van der Waals surface area contributed by atoms with Crippen molar-refractivity contribution in [2.45, 2.75) is 26.3 Å². The van der Waals surface area contributed by atoms with E-state index < -0.39 is 17.8 Å². The number of hydrogen-bond acceptors (Lipinski definition) is 3. The standard InChI is InChI=1S/C11H14FNO3/c1-5-3-8(12)6(2)7(10(5)14)4-9(13)11(15)16/h3,9,14H,4,13H2,1-2H3,(H,15,16). The molecule has 1 unspecified atom stereocenters. The third kappa shape index (κ3) is 2.30. The van der Waals surface area contributed by atoms with Crippen LogP contribution in [0.2, 0.25) is 0 Å². The van der Waals surface area contributed by atoms with Gasteiger partial charge < -0.3 is 15.9 Å². The molecule has 1 aromatic carbocycles. The number of nitrogens with two attached hydrogens (primary N) is 1. The summed E-state index contributed by atoms with van der Waals surface area (Å²) < 4.78 is 13.4. The van der Waals surface area contributed by atoms with Crippen molar-refractivity contribution in [1.82, 2.24) is 0 Å². The molecule has 0 aliphatic carbocycles. The van der Waals surface area contributed by atoms with Crippen LogP contribution in [0.15, 0.2) is 6.07 Å². The number of carboxylic acids is 1. The lowest BCUT2D eigenvalue weighted by molar-refractivity contribution is -0.138. The first kappa shape index (κ1) is 12.4. The molecule has 5 heteroatoms. The molecule has 0 radical (unpaired) electrons. The molecule has 4 N–H and O–H groups in total. The molecule has 0 spiro atoms. The van der Waals surface area contributed by atoms with Crippen molar-refractivity contribution < 1.29 is 19.4 Å². The van der Waals surface area contributed by atoms with Crippen LogP contribution in [0.5, 0.6) is 5.75 Å². The molecule has 0 fully saturated rings. The molecule has 16 heavy (non-hydrogen) atoms. The first-order chi connectivity index (χ1) is 7.34. The molecule has 0 aliphatic rings. The topological polar surface area (TPSA) is 83.6 Å². The van der Waals surface area contributed by atoms with E-state index in [1.807, 2.05) is 0 Å². The molecule has 0 heterocycles. The molecule has 0 amide bonds. The van der Waals surface area contributed by atoms with Crippen LogP contribution in [0.25, 0.3) is 0 Å². The van der Waals surface area contributed by atoms with Crippen LogP contribution < -0.4 is 5.73 Å². The largest absolute Gasteiger partial charge is 0.507 e. The van der Waals surface area contributed by atoms with Gasteiger partial charge in [0, 0.05) is 12.0 Å². The number of phenolic OH excluding ortho intramolecular Hbond substituents is 1. The minimum absolute atomic E-state index is 0.0874. The van der Waals surface area contributed by atoms with Gasteiger partial charge in [-0.3, -0.25) is 4.79 Å². The SMILES string of the molecule is Cc1cc(F)c(C)c(CC(N)C(=O)O)c1O. The highest BCUT2D eigenvalue weighted by molar-refractivity contribution is 5.74. The van der Waals surface area contributed by atoms with E-state index in [2.05, 4.69) is 0 Å². The summed E-state index contributed by atoms with van der Waals surface area (Å²) in [6.45, 7) is 3.03. The Morgan fingerprint density at radius 1 is 1.56 bits per heavy atom. The predicted octanol–water partition coefficient (Wildman–Crippen LogP) is 1.10. The average molecular weight is 227 g/mol. The lowest BCUT2D eigenvalue weighted by Crippen LogP contribution is -2.32. The normalized spacial score (nSPS) is 12.5. The monoisotopic (exact) mass is 227 g/mol. The van der Waals surface area contributed by atoms with Gasteiger partial charge in [-0.25, -0.2) is 4.39 Å². The fourth-order valence-electron chi connectivity index (χ4n) is 1.48. The van der Waals surface area contributed by atoms with Crippen LogP contribution in [0.1, 0.15) is 16.7 Å². The van der Waals surface area contributed by atoms with Crippen molar-refractivity contribution >= 4 is 5.97 Å². The summed E-state index contributed by atoms with van der Waals surface area (Å²) in [5, 5.41) is 18.4. The van der Waals surface area contributed by atoms with Crippen LogP contribution in [0.4, 0.5) is 4.39 Å². The lowest BCUT2D eigenvalue weighted by atomic mass is 9.97. The zero-order valence-corrected chi connectivity index (χ0v) is 9.12. The summed E-state index contributed by atoms with van der Waals surface area (Å²) in [5.41, 5.74) is 6.22. The number of carbonyl (C=O) groups is 1. The summed E-state index contributed by atoms with van der Waals surface area (Å²) in [6.07, 6.45) is -0.0917. The van der Waals surface area contributed by atoms with Gasteiger partial charge in [0.2, 0.25) is 0 Å². The van der Waals surface area contributed by atoms with Gasteiger partial charge in [0.25, 0.3) is 0 Å². The van der Waals surface area contributed by atoms with Crippen molar-refractivity contribution in [3.8, 4) is 5.75 Å². The summed E-state index contributed by atoms with van der Waals surface area (Å²) in [7, 11) is 0. The molecule has 0 bridgehead atoms. The van der Waals surface area contributed by atoms with Gasteiger partial charge in [-0.2, -0.15) is 0 Å². The fourth-order valence-corrected chi connectivity index (χ4v) is 1.48. The van der Waals surface area contributed by atoms with E-state index in [4.69, 9.17) is 10.8 Å². The number of aromatic hydroxyl groups is 1. The highest BCUT2D eigenvalue weighted by Crippen LogP contribution is 2.28. The van der Waals surface area contributed by atoms with Gasteiger partial charge >= 0.3 is 5.97 Å². The Hall–Kier alpha value is -1.62. The molecule has 4 nitrogen and oxygen atoms in total. The molecule has 1 aromatic rings. The Morgan fingerprint density at radius 2 is 2.12 bits per heavy atom. The van der Waals surface area contributed by atoms with Crippen molar-refractivity contribution in [2.24, 2.45) is 5.73 Å². The molecular weight excluding hydrogens is 213 g/mol. The number of halogens is 1. The minimum Gasteiger partial charge on any atom is -0.507 e. The van der Waals surface area contributed by atoms with E-state index >= 15 is 0 Å². The molecule has 1 rings (SSSR count). The van der Waals surface area contributed by atoms with Crippen LogP contribution in [0, 0.1) is 19.7 Å². The Bertz CT molecular complexity index is 405. The third-order valence-electron chi connectivity index (χ3n) is 2.55. The number of benzene rings is 1. The van der Waals surface area contributed by atoms with Crippen LogP contribution in [0.3, 0.4) is 0 Å². The van der Waals surface area contributed by atoms with E-state index in [0.717, 1.165) is 0 Å². The molecule has 1 atom stereocenters. The van der Waals surface area contributed by atoms with E-state index in [0.29, 0.717) is 5.56 Å². The second kappa shape index (κ2) is 4.49. The first-order valence-corrected chi connectivity index (χ1v) is 4.80. The smallest absolute Gasteiger partial charge is 0.320 e. The second-order valence-electron chi connectivity index (χ2n) is 3.78. The highest BCUT2D eigenvalue weighted by atomic mass is 19.1. The maximum Gasteiger partial charge on any atom is 0.320 e. The number of phenols is 1. The molecule has 0 saturated carbocycles. The number of aliphatic carboxylic acids is 1. The quantitative estimate of drug-likeness (QED) is 0.722. The number of hydrogen-bond donors (Lipinski definition) is 3. The third-order valence-corrected chi connectivity index (χ3v) is 2.55. The Kier molecular flexibility index (Phi) is 3.49. The summed E-state index contributed by atoms with van der Waals surface area (Å²) in [6, 6.07) is 0.0614. The Morgan fingerprint density at radius 3 is 2.62 bits per heavy atom. The van der Waals surface area contributed by atoms with Crippen molar-refractivity contribution in [3.63, 3.8) is 0 Å². The van der Waals surface area contributed by atoms with Gasteiger partial charge in [-0.1, -0.05) is 0 Å². The van der Waals surface area contributed by atoms with Crippen molar-refractivity contribution in [3.05, 3.63) is 28.6 Å². The van der Waals surface area contributed by atoms with E-state index in [-0.39, 0.29) is 23.3 Å². The van der Waals surface area contributed by atoms with Gasteiger partial charge in [0.05, 0.1) is 0 Å². The highest BCUT2D eigenvalue weighted by Gasteiger charge is 2.19. The van der Waals surface area contributed by atoms with Gasteiger partial charge in [0.15, 0.2) is 0 Å². The molecule has 88 valence electrons. The number of aryl methyl sites for hydroxylation is 1. The van der Waals surface area contributed by atoms with E-state index in [1.54, 1.807) is 6.92 Å². The van der Waals surface area contributed by atoms with Gasteiger partial charge in [-0.05, 0) is 31.0 Å². The van der Waals surface area contributed by atoms with Crippen LogP contribution in [-0.2, 0) is 11.2 Å². The summed E-state index contributed by atoms with van der Waals surface area (Å²) in [4.78, 5) is 10.6. The van der Waals surface area contributed by atoms with Crippen LogP contribution in [-0.4, -0.2) is 22.2 Å². The zero-order valence-electron chi connectivity index (χ0n) is 9.12. The molecule has 0 aliphatic heterocycles. The average Bonchev–Trinajstić information content (AvgIpc) is 2.21. The summed E-state index contributed by atoms with van der Waals surface area (Å²) in [5.74, 6) is -1.74. The lowest BCUT2D eigenvalue weighted by Gasteiger charge is -2.13. The van der Waals surface area contributed by atoms with E-state index in [9.17, 15) is 14.3 Å². The molecule has 0 saturated heterocycles. The maximum absolute atomic E-state index is 13.4. The molecule has 0 aromatic heterocycles. The Labute approximate surface area is 92.5 Å². The second-order valence-corrected chi connectivity index (χ2v) is 3.78. The van der Waals surface area contributed by atoms with Crippen molar-refractivity contribution in [1.29, 1.82) is 0 Å². The Balaban J connectivity index is 3.17. The molecular formula is C11H14FNO3. The van der Waals surface area contributed by atoms with Gasteiger partial charge in [0.1, 0.15) is 17.6 Å². The first-order valence-electron chi connectivity index (χ1n) is 4.80. The zero-order chi connectivity index (χ0) is 12.5. The maximum atomic E-state index is 13.4. The van der Waals surface area contributed by atoms with E-state index in [1.165, 1.54) is 13.0 Å². The van der Waals surface area contributed by atoms with Crippen LogP contribution >= 0.6 is 0 Å². The minimum atomic E-state index is -1.18. The van der Waals surface area contributed by atoms with Gasteiger partial charge in [-0.15, -0.1) is 0 Å². The fraction of sp³-hybridized carbons (Fsp3) is 0.364. The predicted molar refractivity (Wildman–Crippen MR) is 56.9 cm³/mol. The van der Waals surface area contributed by atoms with Crippen molar-refractivity contribution in [2.75, 3.05) is 0 Å². The summed E-state index contributed by atoms with van der Waals surface area (Å²) >= 11 is 0.